The van der Waals surface area contributed by atoms with Crippen LogP contribution < -0.4 is 5.43 Å². The Morgan fingerprint density at radius 3 is 2.50 bits per heavy atom. The van der Waals surface area contributed by atoms with Gasteiger partial charge < -0.3 is 9.32 Å². The minimum absolute atomic E-state index is 0.0433. The molecule has 2 heterocycles. The van der Waals surface area contributed by atoms with Gasteiger partial charge in [-0.1, -0.05) is 74.0 Å². The predicted molar refractivity (Wildman–Crippen MR) is 143 cm³/mol. The molecule has 5 heteroatoms. The normalized spacial score (nSPS) is 14.2. The zero-order chi connectivity index (χ0) is 25.2. The maximum atomic E-state index is 13.9. The molecule has 180 valence electrons. The van der Waals surface area contributed by atoms with E-state index in [0.29, 0.717) is 40.8 Å². The molecule has 0 fully saturated rings. The van der Waals surface area contributed by atoms with Crippen molar-refractivity contribution in [3.8, 4) is 6.07 Å². The van der Waals surface area contributed by atoms with Gasteiger partial charge in [0, 0.05) is 24.1 Å². The summed E-state index contributed by atoms with van der Waals surface area (Å²) in [6, 6.07) is 25.4. The van der Waals surface area contributed by atoms with Crippen molar-refractivity contribution in [1.82, 2.24) is 4.90 Å². The van der Waals surface area contributed by atoms with Crippen molar-refractivity contribution in [1.29, 1.82) is 5.26 Å². The highest BCUT2D eigenvalue weighted by Gasteiger charge is 2.34. The van der Waals surface area contributed by atoms with E-state index in [2.05, 4.69) is 56.0 Å². The molecule has 1 aliphatic rings. The van der Waals surface area contributed by atoms with Gasteiger partial charge in [0.1, 0.15) is 17.2 Å². The van der Waals surface area contributed by atoms with Crippen LogP contribution in [0.2, 0.25) is 0 Å². The summed E-state index contributed by atoms with van der Waals surface area (Å²) >= 11 is 0. The second-order valence-corrected chi connectivity index (χ2v) is 9.71. The topological polar surface area (TPSA) is 69.6 Å². The van der Waals surface area contributed by atoms with Crippen LogP contribution in [0, 0.1) is 24.2 Å². The highest BCUT2D eigenvalue weighted by molar-refractivity contribution is 6.00. The Kier molecular flexibility index (Phi) is 6.43. The zero-order valence-electron chi connectivity index (χ0n) is 20.9. The van der Waals surface area contributed by atoms with Crippen LogP contribution in [0.3, 0.4) is 0 Å². The van der Waals surface area contributed by atoms with Crippen LogP contribution in [0.25, 0.3) is 11.0 Å². The molecule has 1 unspecified atom stereocenters. The third-order valence-electron chi connectivity index (χ3n) is 6.79. The summed E-state index contributed by atoms with van der Waals surface area (Å²) in [5.74, 6) is 1.73. The van der Waals surface area contributed by atoms with Crippen LogP contribution in [-0.2, 0) is 6.42 Å². The molecular weight excluding hydrogens is 446 g/mol. The Balaban J connectivity index is 1.70. The lowest BCUT2D eigenvalue weighted by molar-refractivity contribution is 0.232. The van der Waals surface area contributed by atoms with E-state index in [-0.39, 0.29) is 17.4 Å². The summed E-state index contributed by atoms with van der Waals surface area (Å²) in [5.41, 5.74) is 4.84. The average Bonchev–Trinajstić information content (AvgIpc) is 3.36. The van der Waals surface area contributed by atoms with E-state index in [0.717, 1.165) is 23.5 Å². The number of aliphatic imine (C=N–C) groups is 1. The maximum Gasteiger partial charge on any atom is 0.196 e. The van der Waals surface area contributed by atoms with Gasteiger partial charge in [0.2, 0.25) is 0 Å². The highest BCUT2D eigenvalue weighted by atomic mass is 16.3. The summed E-state index contributed by atoms with van der Waals surface area (Å²) < 4.78 is 6.58. The summed E-state index contributed by atoms with van der Waals surface area (Å²) in [5, 5.41) is 9.94. The largest absolute Gasteiger partial charge is 0.458 e. The number of hydrogen-bond acceptors (Lipinski definition) is 5. The first-order valence-corrected chi connectivity index (χ1v) is 12.4. The lowest BCUT2D eigenvalue weighted by atomic mass is 9.92. The van der Waals surface area contributed by atoms with Gasteiger partial charge in [-0.2, -0.15) is 5.26 Å². The van der Waals surface area contributed by atoms with Gasteiger partial charge in [-0.15, -0.1) is 0 Å². The molecule has 1 aromatic heterocycles. The molecule has 5 rings (SSSR count). The molecule has 0 N–H and O–H groups in total. The Hall–Kier alpha value is -4.17. The quantitative estimate of drug-likeness (QED) is 0.342. The van der Waals surface area contributed by atoms with E-state index in [4.69, 9.17) is 9.41 Å². The molecule has 0 bridgehead atoms. The third kappa shape index (κ3) is 4.43. The van der Waals surface area contributed by atoms with Crippen LogP contribution in [0.5, 0.6) is 0 Å². The fraction of sp³-hybridized carbons (Fsp3) is 0.258. The van der Waals surface area contributed by atoms with Gasteiger partial charge in [-0.25, -0.2) is 0 Å². The molecule has 1 aliphatic heterocycles. The number of aryl methyl sites for hydroxylation is 1. The van der Waals surface area contributed by atoms with Gasteiger partial charge in [0.05, 0.1) is 29.6 Å². The standard InChI is InChI=1S/C31H29N3O2/c1-20(2)28(34-16-15-33-31(34)24-12-9-21(3)10-13-24)30-26(17-22-7-5-4-6-8-22)29(35)25-14-11-23(19-32)18-27(25)36-30/h4-14,18,20,28H,15-17H2,1-3H3. The van der Waals surface area contributed by atoms with Gasteiger partial charge in [0.25, 0.3) is 0 Å². The smallest absolute Gasteiger partial charge is 0.196 e. The number of amidine groups is 1. The number of fused-ring (bicyclic) bond motifs is 1. The first-order chi connectivity index (χ1) is 17.5. The molecule has 36 heavy (non-hydrogen) atoms. The number of nitrogens with zero attached hydrogens (tertiary/aromatic N) is 3. The van der Waals surface area contributed by atoms with E-state index in [1.807, 2.05) is 30.3 Å². The second kappa shape index (κ2) is 9.83. The molecule has 0 saturated carbocycles. The summed E-state index contributed by atoms with van der Waals surface area (Å²) in [4.78, 5) is 21.0. The van der Waals surface area contributed by atoms with Crippen molar-refractivity contribution >= 4 is 16.8 Å². The van der Waals surface area contributed by atoms with E-state index in [9.17, 15) is 10.1 Å². The Morgan fingerprint density at radius 1 is 1.06 bits per heavy atom. The number of hydrogen-bond donors (Lipinski definition) is 0. The molecule has 0 saturated heterocycles. The Morgan fingerprint density at radius 2 is 1.81 bits per heavy atom. The van der Waals surface area contributed by atoms with Gasteiger partial charge in [0.15, 0.2) is 5.43 Å². The van der Waals surface area contributed by atoms with Crippen molar-refractivity contribution in [3.63, 3.8) is 0 Å². The van der Waals surface area contributed by atoms with Crippen LogP contribution in [0.1, 0.15) is 53.5 Å². The van der Waals surface area contributed by atoms with Crippen LogP contribution >= 0.6 is 0 Å². The number of benzene rings is 3. The fourth-order valence-corrected chi connectivity index (χ4v) is 5.02. The van der Waals surface area contributed by atoms with Crippen molar-refractivity contribution in [2.24, 2.45) is 10.9 Å². The van der Waals surface area contributed by atoms with E-state index in [1.54, 1.807) is 18.2 Å². The molecule has 0 amide bonds. The van der Waals surface area contributed by atoms with Crippen LogP contribution in [0.15, 0.2) is 87.0 Å². The van der Waals surface area contributed by atoms with Gasteiger partial charge in [-0.3, -0.25) is 9.79 Å². The van der Waals surface area contributed by atoms with Gasteiger partial charge >= 0.3 is 0 Å². The molecule has 3 aromatic carbocycles. The Bertz CT molecular complexity index is 1530. The third-order valence-corrected chi connectivity index (χ3v) is 6.79. The minimum Gasteiger partial charge on any atom is -0.458 e. The second-order valence-electron chi connectivity index (χ2n) is 9.71. The van der Waals surface area contributed by atoms with Crippen molar-refractivity contribution in [2.75, 3.05) is 13.1 Å². The summed E-state index contributed by atoms with van der Waals surface area (Å²) in [6.45, 7) is 7.81. The van der Waals surface area contributed by atoms with E-state index >= 15 is 0 Å². The SMILES string of the molecule is Cc1ccc(C2=NCCN2C(c2oc3cc(C#N)ccc3c(=O)c2Cc2ccccc2)C(C)C)cc1. The lowest BCUT2D eigenvalue weighted by Gasteiger charge is -2.34. The van der Waals surface area contributed by atoms with Crippen LogP contribution in [0.4, 0.5) is 0 Å². The molecule has 0 radical (unpaired) electrons. The van der Waals surface area contributed by atoms with Crippen molar-refractivity contribution < 1.29 is 4.42 Å². The Labute approximate surface area is 211 Å². The lowest BCUT2D eigenvalue weighted by Crippen LogP contribution is -2.37. The molecule has 4 aromatic rings. The number of nitriles is 1. The molecule has 0 spiro atoms. The predicted octanol–water partition coefficient (Wildman–Crippen LogP) is 6.02. The summed E-state index contributed by atoms with van der Waals surface area (Å²) in [6.07, 6.45) is 0.475. The monoisotopic (exact) mass is 475 g/mol. The molecular formula is C31H29N3O2. The molecule has 1 atom stereocenters. The molecule has 0 aliphatic carbocycles. The average molecular weight is 476 g/mol. The van der Waals surface area contributed by atoms with E-state index in [1.165, 1.54) is 5.56 Å². The highest BCUT2D eigenvalue weighted by Crippen LogP contribution is 2.35. The van der Waals surface area contributed by atoms with Crippen molar-refractivity contribution in [2.45, 2.75) is 33.2 Å². The first kappa shape index (κ1) is 23.6. The summed E-state index contributed by atoms with van der Waals surface area (Å²) in [7, 11) is 0. The van der Waals surface area contributed by atoms with Crippen molar-refractivity contribution in [3.05, 3.63) is 117 Å². The maximum absolute atomic E-state index is 13.9. The minimum atomic E-state index is -0.186. The van der Waals surface area contributed by atoms with Crippen LogP contribution in [-0.4, -0.2) is 23.8 Å². The van der Waals surface area contributed by atoms with E-state index < -0.39 is 0 Å². The number of rotatable bonds is 6. The molecule has 5 nitrogen and oxygen atoms in total. The fourth-order valence-electron chi connectivity index (χ4n) is 5.02. The first-order valence-electron chi connectivity index (χ1n) is 12.4. The zero-order valence-corrected chi connectivity index (χ0v) is 20.9. The van der Waals surface area contributed by atoms with Gasteiger partial charge in [-0.05, 0) is 36.6 Å².